The molecule has 0 radical (unpaired) electrons. The average Bonchev–Trinajstić information content (AvgIpc) is 2.99. The highest BCUT2D eigenvalue weighted by Gasteiger charge is 2.26. The SMILES string of the molecule is O=C(CN1CCN(C/C=C/c2ccc(OC3CCNCC3)cc2)CC1)NC(c1ccc(F)cc1F)c1ccc(F)cc1F. The summed E-state index contributed by atoms with van der Waals surface area (Å²) in [5.41, 5.74) is 0.874. The molecule has 2 fully saturated rings. The second kappa shape index (κ2) is 14.6. The second-order valence-electron chi connectivity index (χ2n) is 10.9. The Morgan fingerprint density at radius 2 is 1.44 bits per heavy atom. The fourth-order valence-corrected chi connectivity index (χ4v) is 5.44. The van der Waals surface area contributed by atoms with Gasteiger partial charge in [-0.3, -0.25) is 14.6 Å². The zero-order chi connectivity index (χ0) is 30.2. The number of amides is 1. The Labute approximate surface area is 249 Å². The summed E-state index contributed by atoms with van der Waals surface area (Å²) < 4.78 is 62.4. The van der Waals surface area contributed by atoms with Crippen LogP contribution in [-0.4, -0.2) is 74.2 Å². The Hall–Kier alpha value is -3.73. The van der Waals surface area contributed by atoms with E-state index >= 15 is 0 Å². The zero-order valence-electron chi connectivity index (χ0n) is 23.9. The third kappa shape index (κ3) is 8.65. The highest BCUT2D eigenvalue weighted by molar-refractivity contribution is 5.79. The summed E-state index contributed by atoms with van der Waals surface area (Å²) in [6, 6.07) is 12.6. The predicted molar refractivity (Wildman–Crippen MR) is 158 cm³/mol. The minimum Gasteiger partial charge on any atom is -0.490 e. The number of hydrogen-bond donors (Lipinski definition) is 2. The molecule has 0 atom stereocenters. The van der Waals surface area contributed by atoms with Crippen molar-refractivity contribution in [1.29, 1.82) is 0 Å². The predicted octanol–water partition coefficient (Wildman–Crippen LogP) is 4.91. The highest BCUT2D eigenvalue weighted by Crippen LogP contribution is 2.28. The lowest BCUT2D eigenvalue weighted by Gasteiger charge is -2.34. The molecule has 228 valence electrons. The van der Waals surface area contributed by atoms with E-state index in [1.165, 1.54) is 0 Å². The smallest absolute Gasteiger partial charge is 0.234 e. The molecule has 0 bridgehead atoms. The van der Waals surface area contributed by atoms with E-state index in [2.05, 4.69) is 27.7 Å². The van der Waals surface area contributed by atoms with Gasteiger partial charge in [0.25, 0.3) is 0 Å². The molecule has 1 amide bonds. The molecule has 3 aromatic rings. The van der Waals surface area contributed by atoms with Gasteiger partial charge in [0.05, 0.1) is 12.6 Å². The number of piperidine rings is 1. The first-order chi connectivity index (χ1) is 20.8. The van der Waals surface area contributed by atoms with E-state index in [9.17, 15) is 22.4 Å². The topological polar surface area (TPSA) is 56.8 Å². The molecule has 2 heterocycles. The third-order valence-corrected chi connectivity index (χ3v) is 7.83. The van der Waals surface area contributed by atoms with Gasteiger partial charge in [-0.05, 0) is 55.8 Å². The maximum absolute atomic E-state index is 14.6. The van der Waals surface area contributed by atoms with Crippen LogP contribution in [0.5, 0.6) is 5.75 Å². The molecular formula is C33H36F4N4O2. The number of rotatable bonds is 10. The molecule has 2 aliphatic heterocycles. The molecule has 6 nitrogen and oxygen atoms in total. The summed E-state index contributed by atoms with van der Waals surface area (Å²) in [6.07, 6.45) is 6.50. The van der Waals surface area contributed by atoms with Crippen LogP contribution in [0.25, 0.3) is 6.08 Å². The molecule has 3 aromatic carbocycles. The van der Waals surface area contributed by atoms with Gasteiger partial charge in [0.15, 0.2) is 0 Å². The fraction of sp³-hybridized carbons (Fsp3) is 0.364. The lowest BCUT2D eigenvalue weighted by Crippen LogP contribution is -2.49. The van der Waals surface area contributed by atoms with Crippen LogP contribution in [-0.2, 0) is 4.79 Å². The Balaban J connectivity index is 1.10. The van der Waals surface area contributed by atoms with Crippen molar-refractivity contribution >= 4 is 12.0 Å². The minimum absolute atomic E-state index is 0.0254. The van der Waals surface area contributed by atoms with E-state index < -0.39 is 35.2 Å². The molecule has 2 N–H and O–H groups in total. The number of nitrogens with zero attached hydrogens (tertiary/aromatic N) is 2. The van der Waals surface area contributed by atoms with E-state index in [1.54, 1.807) is 0 Å². The van der Waals surface area contributed by atoms with Gasteiger partial charge in [0.1, 0.15) is 35.1 Å². The van der Waals surface area contributed by atoms with Gasteiger partial charge in [-0.15, -0.1) is 0 Å². The van der Waals surface area contributed by atoms with Gasteiger partial charge in [0, 0.05) is 56.0 Å². The van der Waals surface area contributed by atoms with Crippen molar-refractivity contribution in [3.8, 4) is 5.75 Å². The van der Waals surface area contributed by atoms with Gasteiger partial charge in [-0.1, -0.05) is 36.4 Å². The summed E-state index contributed by atoms with van der Waals surface area (Å²) >= 11 is 0. The number of nitrogens with one attached hydrogen (secondary N) is 2. The molecule has 0 unspecified atom stereocenters. The molecule has 43 heavy (non-hydrogen) atoms. The first-order valence-electron chi connectivity index (χ1n) is 14.6. The zero-order valence-corrected chi connectivity index (χ0v) is 23.9. The van der Waals surface area contributed by atoms with Crippen molar-refractivity contribution in [2.75, 3.05) is 52.4 Å². The average molecular weight is 597 g/mol. The van der Waals surface area contributed by atoms with Crippen molar-refractivity contribution in [3.63, 3.8) is 0 Å². The maximum Gasteiger partial charge on any atom is 0.234 e. The van der Waals surface area contributed by atoms with E-state index in [-0.39, 0.29) is 23.8 Å². The lowest BCUT2D eigenvalue weighted by molar-refractivity contribution is -0.123. The summed E-state index contributed by atoms with van der Waals surface area (Å²) in [5.74, 6) is -3.02. The van der Waals surface area contributed by atoms with Gasteiger partial charge in [0.2, 0.25) is 5.91 Å². The molecule has 2 aliphatic rings. The van der Waals surface area contributed by atoms with Crippen LogP contribution < -0.4 is 15.4 Å². The fourth-order valence-electron chi connectivity index (χ4n) is 5.44. The second-order valence-corrected chi connectivity index (χ2v) is 10.9. The van der Waals surface area contributed by atoms with Crippen molar-refractivity contribution in [2.45, 2.75) is 25.0 Å². The molecule has 2 saturated heterocycles. The molecule has 10 heteroatoms. The number of ether oxygens (including phenoxy) is 1. The highest BCUT2D eigenvalue weighted by atomic mass is 19.1. The van der Waals surface area contributed by atoms with Gasteiger partial charge in [-0.25, -0.2) is 17.6 Å². The monoisotopic (exact) mass is 596 g/mol. The van der Waals surface area contributed by atoms with Crippen molar-refractivity contribution in [2.24, 2.45) is 0 Å². The van der Waals surface area contributed by atoms with Crippen molar-refractivity contribution in [3.05, 3.63) is 107 Å². The Bertz CT molecular complexity index is 1350. The number of halogens is 4. The van der Waals surface area contributed by atoms with Gasteiger partial charge in [-0.2, -0.15) is 0 Å². The van der Waals surface area contributed by atoms with Gasteiger partial charge < -0.3 is 15.4 Å². The van der Waals surface area contributed by atoms with Crippen molar-refractivity contribution < 1.29 is 27.1 Å². The molecule has 0 saturated carbocycles. The number of carbonyl (C=O) groups excluding carboxylic acids is 1. The molecule has 0 spiro atoms. The lowest BCUT2D eigenvalue weighted by atomic mass is 9.97. The number of carbonyl (C=O) groups is 1. The van der Waals surface area contributed by atoms with E-state index in [0.29, 0.717) is 25.2 Å². The summed E-state index contributed by atoms with van der Waals surface area (Å²) in [4.78, 5) is 17.2. The Kier molecular flexibility index (Phi) is 10.5. The third-order valence-electron chi connectivity index (χ3n) is 7.83. The van der Waals surface area contributed by atoms with Crippen LogP contribution in [0, 0.1) is 23.3 Å². The molecule has 5 rings (SSSR count). The van der Waals surface area contributed by atoms with Crippen LogP contribution in [0.4, 0.5) is 17.6 Å². The number of hydrogen-bond acceptors (Lipinski definition) is 5. The summed E-state index contributed by atoms with van der Waals surface area (Å²) in [7, 11) is 0. The van der Waals surface area contributed by atoms with Crippen LogP contribution >= 0.6 is 0 Å². The van der Waals surface area contributed by atoms with Gasteiger partial charge >= 0.3 is 0 Å². The quantitative estimate of drug-likeness (QED) is 0.326. The molecule has 0 aliphatic carbocycles. The van der Waals surface area contributed by atoms with Crippen LogP contribution in [0.3, 0.4) is 0 Å². The molecule has 0 aromatic heterocycles. The van der Waals surface area contributed by atoms with E-state index in [0.717, 1.165) is 81.1 Å². The Morgan fingerprint density at radius 1 is 0.860 bits per heavy atom. The first-order valence-corrected chi connectivity index (χ1v) is 14.6. The molecular weight excluding hydrogens is 560 g/mol. The van der Waals surface area contributed by atoms with E-state index in [4.69, 9.17) is 4.74 Å². The first kappa shape index (κ1) is 30.7. The van der Waals surface area contributed by atoms with Crippen LogP contribution in [0.1, 0.15) is 35.6 Å². The number of benzene rings is 3. The van der Waals surface area contributed by atoms with Crippen LogP contribution in [0.2, 0.25) is 0 Å². The number of piperazine rings is 1. The maximum atomic E-state index is 14.6. The minimum atomic E-state index is -1.25. The van der Waals surface area contributed by atoms with Crippen molar-refractivity contribution in [1.82, 2.24) is 20.4 Å². The normalized spacial score (nSPS) is 17.0. The van der Waals surface area contributed by atoms with Crippen LogP contribution in [0.15, 0.2) is 66.7 Å². The van der Waals surface area contributed by atoms with E-state index in [1.807, 2.05) is 29.2 Å². The summed E-state index contributed by atoms with van der Waals surface area (Å²) in [5, 5.41) is 6.00. The largest absolute Gasteiger partial charge is 0.490 e. The Morgan fingerprint density at radius 3 is 2.02 bits per heavy atom. The standard InChI is InChI=1S/C33H36F4N4O2/c34-24-5-9-28(30(36)20-24)33(29-10-6-25(35)21-31(29)37)39-32(42)22-41-18-16-40(17-19-41)15-1-2-23-3-7-26(8-4-23)43-27-11-13-38-14-12-27/h1-10,20-21,27,33,38H,11-19,22H2,(H,39,42)/b2-1+. The summed E-state index contributed by atoms with van der Waals surface area (Å²) in [6.45, 7) is 5.57.